The maximum absolute atomic E-state index is 9.89. The number of hydrogen-bond donors (Lipinski definition) is 1. The van der Waals surface area contributed by atoms with Gasteiger partial charge in [-0.25, -0.2) is 0 Å². The Hall–Kier alpha value is -0.300. The SMILES string of the molecule is C=C(C)C(C)(O)CCCCCCCC. The van der Waals surface area contributed by atoms with Gasteiger partial charge < -0.3 is 5.11 Å². The number of aliphatic hydroxyl groups is 1. The average molecular weight is 198 g/mol. The van der Waals surface area contributed by atoms with E-state index in [1.54, 1.807) is 0 Å². The minimum atomic E-state index is -0.648. The Morgan fingerprint density at radius 2 is 1.64 bits per heavy atom. The van der Waals surface area contributed by atoms with Gasteiger partial charge >= 0.3 is 0 Å². The maximum atomic E-state index is 9.89. The van der Waals surface area contributed by atoms with Crippen molar-refractivity contribution in [3.63, 3.8) is 0 Å². The highest BCUT2D eigenvalue weighted by Crippen LogP contribution is 2.21. The summed E-state index contributed by atoms with van der Waals surface area (Å²) in [5.74, 6) is 0. The van der Waals surface area contributed by atoms with Gasteiger partial charge in [-0.05, 0) is 25.8 Å². The van der Waals surface area contributed by atoms with Gasteiger partial charge in [0.05, 0.1) is 5.60 Å². The molecule has 1 heteroatoms. The summed E-state index contributed by atoms with van der Waals surface area (Å²) in [7, 11) is 0. The van der Waals surface area contributed by atoms with Crippen molar-refractivity contribution in [2.75, 3.05) is 0 Å². The van der Waals surface area contributed by atoms with E-state index in [2.05, 4.69) is 13.5 Å². The van der Waals surface area contributed by atoms with Gasteiger partial charge in [-0.1, -0.05) is 52.0 Å². The summed E-state index contributed by atoms with van der Waals surface area (Å²) < 4.78 is 0. The standard InChI is InChI=1S/C13H26O/c1-5-6-7-8-9-10-11-13(4,14)12(2)3/h14H,2,5-11H2,1,3-4H3. The lowest BCUT2D eigenvalue weighted by molar-refractivity contribution is 0.0863. The van der Waals surface area contributed by atoms with Crippen LogP contribution in [0.4, 0.5) is 0 Å². The molecule has 0 bridgehead atoms. The van der Waals surface area contributed by atoms with Crippen molar-refractivity contribution in [3.8, 4) is 0 Å². The molecular formula is C13H26O. The molecule has 0 rings (SSSR count). The lowest BCUT2D eigenvalue weighted by Gasteiger charge is -2.23. The summed E-state index contributed by atoms with van der Waals surface area (Å²) in [6.45, 7) is 9.80. The van der Waals surface area contributed by atoms with Crippen LogP contribution in [0.3, 0.4) is 0 Å². The fourth-order valence-corrected chi connectivity index (χ4v) is 1.46. The van der Waals surface area contributed by atoms with Crippen molar-refractivity contribution in [2.45, 2.75) is 71.3 Å². The highest BCUT2D eigenvalue weighted by molar-refractivity contribution is 5.06. The molecule has 0 aliphatic rings. The highest BCUT2D eigenvalue weighted by Gasteiger charge is 2.19. The van der Waals surface area contributed by atoms with Crippen LogP contribution in [0.1, 0.15) is 65.7 Å². The van der Waals surface area contributed by atoms with Gasteiger partial charge in [-0.3, -0.25) is 0 Å². The molecular weight excluding hydrogens is 172 g/mol. The predicted octanol–water partition coefficient (Wildman–Crippen LogP) is 4.06. The van der Waals surface area contributed by atoms with Gasteiger partial charge in [0.1, 0.15) is 0 Å². The van der Waals surface area contributed by atoms with Crippen LogP contribution in [0, 0.1) is 0 Å². The molecule has 0 saturated heterocycles. The van der Waals surface area contributed by atoms with Crippen LogP contribution in [0.5, 0.6) is 0 Å². The number of unbranched alkanes of at least 4 members (excludes halogenated alkanes) is 5. The molecule has 0 saturated carbocycles. The fourth-order valence-electron chi connectivity index (χ4n) is 1.46. The van der Waals surface area contributed by atoms with E-state index in [4.69, 9.17) is 0 Å². The van der Waals surface area contributed by atoms with Crippen molar-refractivity contribution in [1.82, 2.24) is 0 Å². The summed E-state index contributed by atoms with van der Waals surface area (Å²) in [6.07, 6.45) is 8.49. The molecule has 0 spiro atoms. The fraction of sp³-hybridized carbons (Fsp3) is 0.846. The summed E-state index contributed by atoms with van der Waals surface area (Å²) in [4.78, 5) is 0. The second-order valence-electron chi connectivity index (χ2n) is 4.57. The van der Waals surface area contributed by atoms with Crippen LogP contribution in [0.15, 0.2) is 12.2 Å². The predicted molar refractivity (Wildman–Crippen MR) is 63.4 cm³/mol. The third-order valence-electron chi connectivity index (χ3n) is 2.94. The molecule has 14 heavy (non-hydrogen) atoms. The first-order chi connectivity index (χ1) is 6.50. The van der Waals surface area contributed by atoms with Crippen molar-refractivity contribution in [3.05, 3.63) is 12.2 Å². The third-order valence-corrected chi connectivity index (χ3v) is 2.94. The van der Waals surface area contributed by atoms with Crippen molar-refractivity contribution < 1.29 is 5.11 Å². The smallest absolute Gasteiger partial charge is 0.0823 e. The van der Waals surface area contributed by atoms with E-state index in [1.165, 1.54) is 32.1 Å². The van der Waals surface area contributed by atoms with Crippen LogP contribution in [-0.2, 0) is 0 Å². The minimum absolute atomic E-state index is 0.648. The topological polar surface area (TPSA) is 20.2 Å². The van der Waals surface area contributed by atoms with Gasteiger partial charge in [-0.2, -0.15) is 0 Å². The normalized spacial score (nSPS) is 15.1. The first-order valence-electron chi connectivity index (χ1n) is 5.89. The lowest BCUT2D eigenvalue weighted by Crippen LogP contribution is -2.24. The Bertz CT molecular complexity index is 159. The van der Waals surface area contributed by atoms with Crippen molar-refractivity contribution >= 4 is 0 Å². The van der Waals surface area contributed by atoms with E-state index in [9.17, 15) is 5.11 Å². The molecule has 1 N–H and O–H groups in total. The third kappa shape index (κ3) is 6.20. The van der Waals surface area contributed by atoms with Crippen molar-refractivity contribution in [1.29, 1.82) is 0 Å². The zero-order chi connectivity index (χ0) is 11.0. The maximum Gasteiger partial charge on any atom is 0.0823 e. The van der Waals surface area contributed by atoms with E-state index < -0.39 is 5.60 Å². The monoisotopic (exact) mass is 198 g/mol. The molecule has 0 radical (unpaired) electrons. The Morgan fingerprint density at radius 1 is 1.14 bits per heavy atom. The molecule has 0 aromatic carbocycles. The second-order valence-corrected chi connectivity index (χ2v) is 4.57. The Labute approximate surface area is 89.2 Å². The van der Waals surface area contributed by atoms with E-state index in [-0.39, 0.29) is 0 Å². The van der Waals surface area contributed by atoms with E-state index in [0.717, 1.165) is 18.4 Å². The summed E-state index contributed by atoms with van der Waals surface area (Å²) >= 11 is 0. The molecule has 0 fully saturated rings. The summed E-state index contributed by atoms with van der Waals surface area (Å²) in [5, 5.41) is 9.89. The van der Waals surface area contributed by atoms with Gasteiger partial charge in [0.25, 0.3) is 0 Å². The minimum Gasteiger partial charge on any atom is -0.386 e. The molecule has 0 aromatic heterocycles. The van der Waals surface area contributed by atoms with Crippen LogP contribution in [0.25, 0.3) is 0 Å². The van der Waals surface area contributed by atoms with Crippen LogP contribution in [0.2, 0.25) is 0 Å². The Morgan fingerprint density at radius 3 is 2.14 bits per heavy atom. The summed E-state index contributed by atoms with van der Waals surface area (Å²) in [6, 6.07) is 0. The Balaban J connectivity index is 3.40. The van der Waals surface area contributed by atoms with E-state index in [0.29, 0.717) is 0 Å². The zero-order valence-electron chi connectivity index (χ0n) is 10.1. The number of hydrogen-bond acceptors (Lipinski definition) is 1. The molecule has 0 aromatic rings. The largest absolute Gasteiger partial charge is 0.386 e. The average Bonchev–Trinajstić information content (AvgIpc) is 2.10. The van der Waals surface area contributed by atoms with Crippen LogP contribution >= 0.6 is 0 Å². The van der Waals surface area contributed by atoms with Crippen molar-refractivity contribution in [2.24, 2.45) is 0 Å². The molecule has 84 valence electrons. The van der Waals surface area contributed by atoms with Crippen LogP contribution in [-0.4, -0.2) is 10.7 Å². The van der Waals surface area contributed by atoms with Gasteiger partial charge in [0, 0.05) is 0 Å². The first-order valence-corrected chi connectivity index (χ1v) is 5.89. The molecule has 0 aliphatic carbocycles. The van der Waals surface area contributed by atoms with E-state index in [1.807, 2.05) is 13.8 Å². The second kappa shape index (κ2) is 7.05. The highest BCUT2D eigenvalue weighted by atomic mass is 16.3. The molecule has 1 unspecified atom stereocenters. The Kier molecular flexibility index (Phi) is 6.90. The van der Waals surface area contributed by atoms with Crippen LogP contribution < -0.4 is 0 Å². The van der Waals surface area contributed by atoms with Gasteiger partial charge in [0.2, 0.25) is 0 Å². The van der Waals surface area contributed by atoms with Gasteiger partial charge in [-0.15, -0.1) is 0 Å². The molecule has 1 nitrogen and oxygen atoms in total. The molecule has 0 aliphatic heterocycles. The lowest BCUT2D eigenvalue weighted by atomic mass is 9.92. The van der Waals surface area contributed by atoms with Gasteiger partial charge in [0.15, 0.2) is 0 Å². The zero-order valence-corrected chi connectivity index (χ0v) is 10.1. The molecule has 1 atom stereocenters. The summed E-state index contributed by atoms with van der Waals surface area (Å²) in [5.41, 5.74) is 0.233. The van der Waals surface area contributed by atoms with E-state index >= 15 is 0 Å². The first kappa shape index (κ1) is 13.7. The molecule has 0 amide bonds. The molecule has 0 heterocycles. The quantitative estimate of drug-likeness (QED) is 0.460. The number of rotatable bonds is 8.